The number of nitrogens with one attached hydrogen (secondary N) is 1. The van der Waals surface area contributed by atoms with E-state index in [0.717, 1.165) is 30.5 Å². The molecule has 0 aromatic heterocycles. The fraction of sp³-hybridized carbons (Fsp3) is 0.567. The summed E-state index contributed by atoms with van der Waals surface area (Å²) >= 11 is 0. The molecule has 2 aliphatic rings. The van der Waals surface area contributed by atoms with Crippen LogP contribution in [0.15, 0.2) is 42.5 Å². The van der Waals surface area contributed by atoms with Crippen LogP contribution in [0.3, 0.4) is 0 Å². The van der Waals surface area contributed by atoms with Crippen LogP contribution in [0, 0.1) is 24.7 Å². The molecule has 0 unspecified atom stereocenters. The van der Waals surface area contributed by atoms with Gasteiger partial charge in [0, 0.05) is 31.3 Å². The molecule has 1 aliphatic heterocycles. The largest absolute Gasteiger partial charge is 0.396 e. The predicted molar refractivity (Wildman–Crippen MR) is 139 cm³/mol. The fourth-order valence-corrected chi connectivity index (χ4v) is 5.98. The van der Waals surface area contributed by atoms with Gasteiger partial charge in [-0.3, -0.25) is 9.69 Å². The van der Waals surface area contributed by atoms with E-state index in [1.165, 1.54) is 42.4 Å². The molecule has 1 saturated carbocycles. The number of hydrogen-bond acceptors (Lipinski definition) is 3. The summed E-state index contributed by atoms with van der Waals surface area (Å²) in [4.78, 5) is 15.9. The molecular formula is C30H42N2O2. The summed E-state index contributed by atoms with van der Waals surface area (Å²) in [7, 11) is 0. The number of hydrogen-bond donors (Lipinski definition) is 2. The summed E-state index contributed by atoms with van der Waals surface area (Å²) < 4.78 is 0. The highest BCUT2D eigenvalue weighted by Crippen LogP contribution is 2.41. The molecule has 2 aromatic rings. The Morgan fingerprint density at radius 2 is 1.79 bits per heavy atom. The number of amides is 1. The van der Waals surface area contributed by atoms with Crippen molar-refractivity contribution < 1.29 is 9.90 Å². The van der Waals surface area contributed by atoms with Gasteiger partial charge in [-0.1, -0.05) is 69.5 Å². The molecule has 1 aliphatic carbocycles. The minimum absolute atomic E-state index is 0.0357. The maximum Gasteiger partial charge on any atom is 0.251 e. The van der Waals surface area contributed by atoms with Crippen LogP contribution in [0.4, 0.5) is 0 Å². The number of rotatable bonds is 8. The molecule has 4 nitrogen and oxygen atoms in total. The Balaban J connectivity index is 1.48. The number of carbonyl (C=O) groups is 1. The molecule has 2 aromatic carbocycles. The van der Waals surface area contributed by atoms with E-state index in [0.29, 0.717) is 23.9 Å². The normalized spacial score (nSPS) is 23.6. The van der Waals surface area contributed by atoms with Crippen LogP contribution in [0.1, 0.15) is 97.6 Å². The first-order chi connectivity index (χ1) is 16.4. The van der Waals surface area contributed by atoms with Crippen molar-refractivity contribution in [2.24, 2.45) is 17.8 Å². The zero-order valence-electron chi connectivity index (χ0n) is 21.4. The van der Waals surface area contributed by atoms with E-state index in [1.807, 2.05) is 18.2 Å². The van der Waals surface area contributed by atoms with E-state index in [9.17, 15) is 9.90 Å². The van der Waals surface area contributed by atoms with E-state index in [4.69, 9.17) is 0 Å². The minimum Gasteiger partial charge on any atom is -0.396 e. The minimum atomic E-state index is -0.194. The van der Waals surface area contributed by atoms with Crippen molar-refractivity contribution in [1.29, 1.82) is 0 Å². The molecule has 0 spiro atoms. The number of benzene rings is 2. The second kappa shape index (κ2) is 11.0. The van der Waals surface area contributed by atoms with Gasteiger partial charge >= 0.3 is 0 Å². The topological polar surface area (TPSA) is 52.6 Å². The molecule has 2 N–H and O–H groups in total. The number of nitrogens with zero attached hydrogens (tertiary/aromatic N) is 1. The Hall–Kier alpha value is -2.17. The lowest BCUT2D eigenvalue weighted by atomic mass is 9.82. The summed E-state index contributed by atoms with van der Waals surface area (Å²) in [6, 6.07) is 14.7. The van der Waals surface area contributed by atoms with Crippen LogP contribution in [0.2, 0.25) is 0 Å². The van der Waals surface area contributed by atoms with Crippen LogP contribution in [0.5, 0.6) is 0 Å². The highest BCUT2D eigenvalue weighted by atomic mass is 16.3. The molecule has 4 rings (SSSR count). The number of fused-ring (bicyclic) bond motifs is 1. The third-order valence-electron chi connectivity index (χ3n) is 7.95. The summed E-state index contributed by atoms with van der Waals surface area (Å²) in [5, 5.41) is 12.7. The average Bonchev–Trinajstić information content (AvgIpc) is 3.18. The lowest BCUT2D eigenvalue weighted by Crippen LogP contribution is -2.32. The van der Waals surface area contributed by atoms with E-state index in [1.54, 1.807) is 0 Å². The Labute approximate surface area is 205 Å². The van der Waals surface area contributed by atoms with Gasteiger partial charge in [0.15, 0.2) is 0 Å². The molecule has 0 radical (unpaired) electrons. The van der Waals surface area contributed by atoms with E-state index in [-0.39, 0.29) is 18.6 Å². The SMILES string of the molecule is Cc1ccc([C@H](CCO)NC(=O)c2ccc3c(c2)CN(CC2CCC(C)CC2)[C@H]3C(C)C)cc1. The molecular weight excluding hydrogens is 420 g/mol. The van der Waals surface area contributed by atoms with E-state index < -0.39 is 0 Å². The second-order valence-corrected chi connectivity index (χ2v) is 11.1. The molecule has 34 heavy (non-hydrogen) atoms. The predicted octanol–water partition coefficient (Wildman–Crippen LogP) is 6.19. The molecule has 0 bridgehead atoms. The van der Waals surface area contributed by atoms with Gasteiger partial charge in [-0.2, -0.15) is 0 Å². The number of aliphatic hydroxyl groups excluding tert-OH is 1. The third kappa shape index (κ3) is 5.72. The second-order valence-electron chi connectivity index (χ2n) is 11.1. The van der Waals surface area contributed by atoms with Gasteiger partial charge in [0.05, 0.1) is 6.04 Å². The molecule has 1 heterocycles. The van der Waals surface area contributed by atoms with Crippen molar-refractivity contribution in [3.8, 4) is 0 Å². The molecule has 1 fully saturated rings. The fourth-order valence-electron chi connectivity index (χ4n) is 5.98. The van der Waals surface area contributed by atoms with Gasteiger partial charge in [-0.25, -0.2) is 0 Å². The molecule has 184 valence electrons. The lowest BCUT2D eigenvalue weighted by molar-refractivity contribution is 0.0930. The van der Waals surface area contributed by atoms with Crippen molar-refractivity contribution in [2.45, 2.75) is 78.4 Å². The van der Waals surface area contributed by atoms with Gasteiger partial charge in [0.25, 0.3) is 5.91 Å². The van der Waals surface area contributed by atoms with Crippen LogP contribution in [0.25, 0.3) is 0 Å². The van der Waals surface area contributed by atoms with Gasteiger partial charge in [0.1, 0.15) is 0 Å². The maximum atomic E-state index is 13.2. The first-order valence-corrected chi connectivity index (χ1v) is 13.2. The van der Waals surface area contributed by atoms with Crippen LogP contribution in [-0.2, 0) is 6.54 Å². The summed E-state index contributed by atoms with van der Waals surface area (Å²) in [6.07, 6.45) is 5.91. The Morgan fingerprint density at radius 3 is 2.44 bits per heavy atom. The average molecular weight is 463 g/mol. The molecule has 0 saturated heterocycles. The first kappa shape index (κ1) is 24.9. The van der Waals surface area contributed by atoms with Crippen LogP contribution >= 0.6 is 0 Å². The van der Waals surface area contributed by atoms with E-state index >= 15 is 0 Å². The Bertz CT molecular complexity index is 960. The highest BCUT2D eigenvalue weighted by Gasteiger charge is 2.34. The smallest absolute Gasteiger partial charge is 0.251 e. The molecule has 4 heteroatoms. The lowest BCUT2D eigenvalue weighted by Gasteiger charge is -2.34. The monoisotopic (exact) mass is 462 g/mol. The van der Waals surface area contributed by atoms with Gasteiger partial charge < -0.3 is 10.4 Å². The van der Waals surface area contributed by atoms with Crippen molar-refractivity contribution >= 4 is 5.91 Å². The standard InChI is InChI=1S/C30H42N2O2/c1-20(2)29-27-14-13-25(17-26(27)19-32(29)18-23-9-5-21(3)6-10-23)30(34)31-28(15-16-33)24-11-7-22(4)8-12-24/h7-8,11-14,17,20-21,23,28-29,33H,5-6,9-10,15-16,18-19H2,1-4H3,(H,31,34)/t21?,23?,28-,29-/m0/s1. The quantitative estimate of drug-likeness (QED) is 0.492. The molecule has 1 amide bonds. The summed E-state index contributed by atoms with van der Waals surface area (Å²) in [5.74, 6) is 2.15. The van der Waals surface area contributed by atoms with Crippen LogP contribution < -0.4 is 5.32 Å². The van der Waals surface area contributed by atoms with Crippen LogP contribution in [-0.4, -0.2) is 29.1 Å². The Morgan fingerprint density at radius 1 is 1.09 bits per heavy atom. The van der Waals surface area contributed by atoms with Gasteiger partial charge in [0.2, 0.25) is 0 Å². The number of aryl methyl sites for hydroxylation is 1. The zero-order valence-corrected chi connectivity index (χ0v) is 21.4. The van der Waals surface area contributed by atoms with Crippen molar-refractivity contribution in [1.82, 2.24) is 10.2 Å². The van der Waals surface area contributed by atoms with E-state index in [2.05, 4.69) is 62.2 Å². The summed E-state index contributed by atoms with van der Waals surface area (Å²) in [6.45, 7) is 11.2. The Kier molecular flexibility index (Phi) is 8.10. The third-order valence-corrected chi connectivity index (χ3v) is 7.95. The van der Waals surface area contributed by atoms with Crippen molar-refractivity contribution in [3.05, 3.63) is 70.3 Å². The number of carbonyl (C=O) groups excluding carboxylic acids is 1. The van der Waals surface area contributed by atoms with Crippen molar-refractivity contribution in [3.63, 3.8) is 0 Å². The summed E-state index contributed by atoms with van der Waals surface area (Å²) in [5.41, 5.74) is 5.61. The van der Waals surface area contributed by atoms with Gasteiger partial charge in [-0.05, 0) is 72.8 Å². The zero-order chi connectivity index (χ0) is 24.2. The number of aliphatic hydroxyl groups is 1. The van der Waals surface area contributed by atoms with Crippen molar-refractivity contribution in [2.75, 3.05) is 13.2 Å². The van der Waals surface area contributed by atoms with Gasteiger partial charge in [-0.15, -0.1) is 0 Å². The maximum absolute atomic E-state index is 13.2. The highest BCUT2D eigenvalue weighted by molar-refractivity contribution is 5.94. The molecule has 2 atom stereocenters. The first-order valence-electron chi connectivity index (χ1n) is 13.2.